The lowest BCUT2D eigenvalue weighted by atomic mass is 10.2. The Morgan fingerprint density at radius 3 is 2.88 bits per heavy atom. The maximum Gasteiger partial charge on any atom is 0.248 e. The first-order valence-electron chi connectivity index (χ1n) is 5.20. The van der Waals surface area contributed by atoms with Crippen molar-refractivity contribution in [1.29, 1.82) is 0 Å². The van der Waals surface area contributed by atoms with E-state index in [4.69, 9.17) is 0 Å². The van der Waals surface area contributed by atoms with Gasteiger partial charge in [-0.3, -0.25) is 9.59 Å². The minimum absolute atomic E-state index is 0.386. The smallest absolute Gasteiger partial charge is 0.248 e. The predicted octanol–water partition coefficient (Wildman–Crippen LogP) is 0.771. The summed E-state index contributed by atoms with van der Waals surface area (Å²) in [5.41, 5.74) is 2.38. The number of hydrogen-bond donors (Lipinski definition) is 2. The maximum absolute atomic E-state index is 11.1. The molecule has 2 N–H and O–H groups in total. The molecule has 1 aromatic heterocycles. The van der Waals surface area contributed by atoms with E-state index in [9.17, 15) is 9.59 Å². The monoisotopic (exact) mass is 227 g/mol. The first-order valence-corrected chi connectivity index (χ1v) is 5.20. The molecule has 0 fully saturated rings. The fraction of sp³-hybridized carbons (Fsp3) is 0.0833. The molecule has 0 aliphatic heterocycles. The summed E-state index contributed by atoms with van der Waals surface area (Å²) in [6.07, 6.45) is 1.64. The summed E-state index contributed by atoms with van der Waals surface area (Å²) < 4.78 is 0. The zero-order valence-electron chi connectivity index (χ0n) is 8.86. The van der Waals surface area contributed by atoms with Crippen LogP contribution < -0.4 is 16.2 Å². The molecule has 3 rings (SSSR count). The molecular formula is C12H9N3O2. The minimum atomic E-state index is -0.439. The average Bonchev–Trinajstić information content (AvgIpc) is 2.81. The number of nitrogens with zero attached hydrogens (tertiary/aromatic N) is 1. The minimum Gasteiger partial charge on any atom is -0.378 e. The van der Waals surface area contributed by atoms with Crippen LogP contribution >= 0.6 is 0 Å². The van der Waals surface area contributed by atoms with Crippen LogP contribution in [0, 0.1) is 0 Å². The van der Waals surface area contributed by atoms with Crippen LogP contribution in [0.15, 0.2) is 40.2 Å². The average molecular weight is 227 g/mol. The highest BCUT2D eigenvalue weighted by Crippen LogP contribution is 2.12. The van der Waals surface area contributed by atoms with Gasteiger partial charge < -0.3 is 10.3 Å². The second-order valence-electron chi connectivity index (χ2n) is 3.86. The lowest BCUT2D eigenvalue weighted by Crippen LogP contribution is -2.32. The summed E-state index contributed by atoms with van der Waals surface area (Å²) in [7, 11) is 0. The molecule has 84 valence electrons. The third kappa shape index (κ3) is 1.61. The van der Waals surface area contributed by atoms with Crippen molar-refractivity contribution < 1.29 is 0 Å². The number of anilines is 1. The number of hydrogen-bond acceptors (Lipinski definition) is 4. The second kappa shape index (κ2) is 3.55. The van der Waals surface area contributed by atoms with E-state index in [1.54, 1.807) is 6.33 Å². The number of imidazole rings is 1. The predicted molar refractivity (Wildman–Crippen MR) is 64.8 cm³/mol. The number of aromatic nitrogens is 2. The number of fused-ring (bicyclic) bond motifs is 1. The molecule has 0 aliphatic carbocycles. The Hall–Kier alpha value is -2.43. The van der Waals surface area contributed by atoms with E-state index in [1.165, 1.54) is 6.07 Å². The summed E-state index contributed by atoms with van der Waals surface area (Å²) in [6, 6.07) is 7.13. The Bertz CT molecular complexity index is 750. The summed E-state index contributed by atoms with van der Waals surface area (Å²) in [5, 5.41) is 2.93. The van der Waals surface area contributed by atoms with Crippen molar-refractivity contribution in [3.05, 3.63) is 56.6 Å². The molecule has 0 bridgehead atoms. The fourth-order valence-electron chi connectivity index (χ4n) is 1.73. The van der Waals surface area contributed by atoms with Crippen molar-refractivity contribution in [3.8, 4) is 0 Å². The number of aromatic amines is 1. The first-order chi connectivity index (χ1) is 8.24. The van der Waals surface area contributed by atoms with Gasteiger partial charge in [0.15, 0.2) is 0 Å². The van der Waals surface area contributed by atoms with Gasteiger partial charge in [0, 0.05) is 12.6 Å². The topological polar surface area (TPSA) is 74.8 Å². The van der Waals surface area contributed by atoms with Crippen LogP contribution in [0.1, 0.15) is 5.56 Å². The van der Waals surface area contributed by atoms with Crippen molar-refractivity contribution in [3.63, 3.8) is 0 Å². The normalized spacial score (nSPS) is 11.1. The van der Waals surface area contributed by atoms with Gasteiger partial charge in [0.05, 0.1) is 23.0 Å². The van der Waals surface area contributed by atoms with E-state index in [0.717, 1.165) is 16.6 Å². The Balaban J connectivity index is 1.79. The van der Waals surface area contributed by atoms with Crippen molar-refractivity contribution in [2.45, 2.75) is 6.54 Å². The van der Waals surface area contributed by atoms with E-state index >= 15 is 0 Å². The third-order valence-electron chi connectivity index (χ3n) is 2.71. The molecule has 2 aromatic carbocycles. The number of nitrogens with one attached hydrogen (secondary N) is 2. The van der Waals surface area contributed by atoms with Crippen molar-refractivity contribution in [1.82, 2.24) is 9.97 Å². The first kappa shape index (κ1) is 9.77. The molecule has 0 aliphatic rings. The summed E-state index contributed by atoms with van der Waals surface area (Å²) in [4.78, 5) is 28.9. The summed E-state index contributed by atoms with van der Waals surface area (Å²) >= 11 is 0. The van der Waals surface area contributed by atoms with Crippen LogP contribution in [0.2, 0.25) is 0 Å². The second-order valence-corrected chi connectivity index (χ2v) is 3.86. The van der Waals surface area contributed by atoms with Gasteiger partial charge in [-0.25, -0.2) is 4.98 Å². The van der Waals surface area contributed by atoms with Gasteiger partial charge >= 0.3 is 0 Å². The molecule has 0 saturated carbocycles. The Morgan fingerprint density at radius 1 is 1.24 bits per heavy atom. The maximum atomic E-state index is 11.1. The summed E-state index contributed by atoms with van der Waals surface area (Å²) in [5.74, 6) is 0. The highest BCUT2D eigenvalue weighted by atomic mass is 16.2. The molecule has 1 heterocycles. The zero-order valence-corrected chi connectivity index (χ0v) is 8.86. The van der Waals surface area contributed by atoms with Crippen LogP contribution in [0.5, 0.6) is 0 Å². The van der Waals surface area contributed by atoms with E-state index < -0.39 is 10.9 Å². The van der Waals surface area contributed by atoms with Crippen molar-refractivity contribution in [2.24, 2.45) is 0 Å². The van der Waals surface area contributed by atoms with Crippen molar-refractivity contribution in [2.75, 3.05) is 5.32 Å². The highest BCUT2D eigenvalue weighted by Gasteiger charge is 2.08. The molecule has 0 amide bonds. The summed E-state index contributed by atoms with van der Waals surface area (Å²) in [6.45, 7) is 0.508. The number of benzene rings is 1. The lowest BCUT2D eigenvalue weighted by molar-refractivity contribution is 1.13. The van der Waals surface area contributed by atoms with Gasteiger partial charge in [-0.05, 0) is 17.7 Å². The molecule has 5 nitrogen and oxygen atoms in total. The van der Waals surface area contributed by atoms with E-state index in [1.807, 2.05) is 18.2 Å². The van der Waals surface area contributed by atoms with Crippen LogP contribution in [0.25, 0.3) is 11.0 Å². The SMILES string of the molecule is O=c1cc(NCc2ccc3[nH]cnc3c2)c1=O. The van der Waals surface area contributed by atoms with Gasteiger partial charge in [-0.15, -0.1) is 0 Å². The molecule has 17 heavy (non-hydrogen) atoms. The highest BCUT2D eigenvalue weighted by molar-refractivity contribution is 5.75. The molecule has 0 spiro atoms. The molecule has 5 heteroatoms. The van der Waals surface area contributed by atoms with Crippen LogP contribution in [0.3, 0.4) is 0 Å². The van der Waals surface area contributed by atoms with Gasteiger partial charge in [0.1, 0.15) is 0 Å². The van der Waals surface area contributed by atoms with E-state index in [0.29, 0.717) is 12.2 Å². The molecule has 0 atom stereocenters. The molecule has 0 saturated heterocycles. The van der Waals surface area contributed by atoms with Crippen LogP contribution in [-0.4, -0.2) is 9.97 Å². The number of H-pyrrole nitrogens is 1. The lowest BCUT2D eigenvalue weighted by Gasteiger charge is -2.06. The van der Waals surface area contributed by atoms with E-state index in [2.05, 4.69) is 15.3 Å². The van der Waals surface area contributed by atoms with E-state index in [-0.39, 0.29) is 0 Å². The van der Waals surface area contributed by atoms with Crippen LogP contribution in [0.4, 0.5) is 5.69 Å². The molecule has 0 radical (unpaired) electrons. The van der Waals surface area contributed by atoms with Gasteiger partial charge in [0.2, 0.25) is 10.9 Å². The zero-order chi connectivity index (χ0) is 11.8. The number of rotatable bonds is 3. The van der Waals surface area contributed by atoms with Gasteiger partial charge in [0.25, 0.3) is 0 Å². The molecular weight excluding hydrogens is 218 g/mol. The Labute approximate surface area is 95.8 Å². The molecule has 3 aromatic rings. The van der Waals surface area contributed by atoms with Crippen molar-refractivity contribution >= 4 is 16.7 Å². The fourth-order valence-corrected chi connectivity index (χ4v) is 1.73. The van der Waals surface area contributed by atoms with Gasteiger partial charge in [-0.2, -0.15) is 0 Å². The van der Waals surface area contributed by atoms with Gasteiger partial charge in [-0.1, -0.05) is 6.07 Å². The quantitative estimate of drug-likeness (QED) is 0.648. The largest absolute Gasteiger partial charge is 0.378 e. The standard InChI is InChI=1S/C12H9N3O2/c16-11-4-10(12(11)17)13-5-7-1-2-8-9(3-7)15-6-14-8/h1-4,6,13H,5H2,(H,14,15). The third-order valence-corrected chi connectivity index (χ3v) is 2.71. The Morgan fingerprint density at radius 2 is 2.12 bits per heavy atom. The Kier molecular flexibility index (Phi) is 2.04. The molecule has 0 unspecified atom stereocenters. The van der Waals surface area contributed by atoms with Crippen LogP contribution in [-0.2, 0) is 6.54 Å².